The second-order valence-corrected chi connectivity index (χ2v) is 5.82. The third-order valence-corrected chi connectivity index (χ3v) is 4.01. The Bertz CT molecular complexity index is 812. The number of hydrogen-bond donors (Lipinski definition) is 0. The molecule has 0 aliphatic carbocycles. The second-order valence-electron chi connectivity index (χ2n) is 5.17. The lowest BCUT2D eigenvalue weighted by Crippen LogP contribution is -2.16. The van der Waals surface area contributed by atoms with Gasteiger partial charge in [0, 0.05) is 11.8 Å². The zero-order valence-electron chi connectivity index (χ0n) is 11.5. The summed E-state index contributed by atoms with van der Waals surface area (Å²) in [6.45, 7) is 2.51. The van der Waals surface area contributed by atoms with Gasteiger partial charge in [-0.05, 0) is 25.1 Å². The van der Waals surface area contributed by atoms with Crippen LogP contribution >= 0.6 is 11.6 Å². The molecule has 4 rings (SSSR count). The van der Waals surface area contributed by atoms with Gasteiger partial charge in [-0.15, -0.1) is 11.6 Å². The Morgan fingerprint density at radius 3 is 3.00 bits per heavy atom. The zero-order valence-corrected chi connectivity index (χ0v) is 12.3. The van der Waals surface area contributed by atoms with Crippen molar-refractivity contribution in [2.45, 2.75) is 18.3 Å². The lowest BCUT2D eigenvalue weighted by Gasteiger charge is -2.16. The molecule has 1 aliphatic rings. The van der Waals surface area contributed by atoms with Crippen LogP contribution in [0.4, 0.5) is 0 Å². The van der Waals surface area contributed by atoms with Crippen LogP contribution in [-0.4, -0.2) is 21.1 Å². The molecule has 0 amide bonds. The minimum atomic E-state index is -0.188. The molecule has 3 aromatic rings. The Hall–Kier alpha value is -2.07. The van der Waals surface area contributed by atoms with Crippen molar-refractivity contribution in [3.8, 4) is 5.75 Å². The number of imidazole rings is 1. The van der Waals surface area contributed by atoms with Crippen LogP contribution in [0.2, 0.25) is 0 Å². The lowest BCUT2D eigenvalue weighted by atomic mass is 10.1. The van der Waals surface area contributed by atoms with Crippen LogP contribution in [0.25, 0.3) is 11.2 Å². The van der Waals surface area contributed by atoms with Crippen LogP contribution in [0.15, 0.2) is 42.6 Å². The summed E-state index contributed by atoms with van der Waals surface area (Å²) in [7, 11) is 0. The molecule has 0 bridgehead atoms. The van der Waals surface area contributed by atoms with E-state index in [0.717, 1.165) is 28.3 Å². The van der Waals surface area contributed by atoms with Gasteiger partial charge in [0.25, 0.3) is 0 Å². The van der Waals surface area contributed by atoms with Gasteiger partial charge >= 0.3 is 0 Å². The molecule has 1 aromatic carbocycles. The molecule has 0 saturated carbocycles. The number of alkyl halides is 1. The highest BCUT2D eigenvalue weighted by atomic mass is 35.5. The molecule has 2 atom stereocenters. The van der Waals surface area contributed by atoms with E-state index in [4.69, 9.17) is 16.3 Å². The highest BCUT2D eigenvalue weighted by molar-refractivity contribution is 6.20. The number of hydrogen-bond acceptors (Lipinski definition) is 3. The molecule has 0 radical (unpaired) electrons. The van der Waals surface area contributed by atoms with E-state index in [1.54, 1.807) is 6.20 Å². The number of fused-ring (bicyclic) bond motifs is 2. The van der Waals surface area contributed by atoms with Crippen molar-refractivity contribution in [2.24, 2.45) is 0 Å². The highest BCUT2D eigenvalue weighted by Gasteiger charge is 2.30. The largest absolute Gasteiger partial charge is 0.491 e. The summed E-state index contributed by atoms with van der Waals surface area (Å²) in [5.74, 6) is 1.75. The Kier molecular flexibility index (Phi) is 2.86. The molecule has 2 unspecified atom stereocenters. The number of benzene rings is 1. The summed E-state index contributed by atoms with van der Waals surface area (Å²) < 4.78 is 7.91. The topological polar surface area (TPSA) is 39.9 Å². The Morgan fingerprint density at radius 1 is 1.29 bits per heavy atom. The Labute approximate surface area is 127 Å². The third kappa shape index (κ3) is 1.90. The molecule has 0 N–H and O–H groups in total. The first-order valence-electron chi connectivity index (χ1n) is 6.94. The quantitative estimate of drug-likeness (QED) is 0.677. The maximum absolute atomic E-state index is 6.33. The summed E-state index contributed by atoms with van der Waals surface area (Å²) >= 11 is 6.33. The minimum absolute atomic E-state index is 0.0669. The lowest BCUT2D eigenvalue weighted by molar-refractivity contribution is 0.316. The standard InChI is InChI=1S/C16H14ClN3O/c1-10(17)15-19-12-6-4-8-18-16(12)20(15)13-9-21-14-7-3-2-5-11(13)14/h2-8,10,13H,9H2,1H3. The van der Waals surface area contributed by atoms with Crippen molar-refractivity contribution in [1.29, 1.82) is 0 Å². The number of rotatable bonds is 2. The average molecular weight is 300 g/mol. The van der Waals surface area contributed by atoms with Crippen LogP contribution in [0.5, 0.6) is 5.75 Å². The molecular formula is C16H14ClN3O. The normalized spacial score (nSPS) is 18.5. The summed E-state index contributed by atoms with van der Waals surface area (Å²) in [4.78, 5) is 9.13. The first-order valence-corrected chi connectivity index (χ1v) is 7.38. The number of halogens is 1. The van der Waals surface area contributed by atoms with Crippen molar-refractivity contribution in [3.05, 3.63) is 54.0 Å². The highest BCUT2D eigenvalue weighted by Crippen LogP contribution is 2.38. The Morgan fingerprint density at radius 2 is 2.14 bits per heavy atom. The van der Waals surface area contributed by atoms with Crippen molar-refractivity contribution in [2.75, 3.05) is 6.61 Å². The molecule has 106 valence electrons. The Balaban J connectivity index is 1.96. The van der Waals surface area contributed by atoms with Gasteiger partial charge in [-0.25, -0.2) is 9.97 Å². The predicted molar refractivity (Wildman–Crippen MR) is 81.9 cm³/mol. The summed E-state index contributed by atoms with van der Waals surface area (Å²) in [6.07, 6.45) is 1.78. The number of para-hydroxylation sites is 1. The van der Waals surface area contributed by atoms with Crippen molar-refractivity contribution < 1.29 is 4.74 Å². The van der Waals surface area contributed by atoms with E-state index in [0.29, 0.717) is 6.61 Å². The van der Waals surface area contributed by atoms with E-state index in [-0.39, 0.29) is 11.4 Å². The monoisotopic (exact) mass is 299 g/mol. The van der Waals surface area contributed by atoms with Crippen LogP contribution in [0, 0.1) is 0 Å². The smallest absolute Gasteiger partial charge is 0.160 e. The zero-order chi connectivity index (χ0) is 14.4. The van der Waals surface area contributed by atoms with Gasteiger partial charge in [0.2, 0.25) is 0 Å². The van der Waals surface area contributed by atoms with Crippen molar-refractivity contribution in [1.82, 2.24) is 14.5 Å². The third-order valence-electron chi connectivity index (χ3n) is 3.82. The predicted octanol–water partition coefficient (Wildman–Crippen LogP) is 3.71. The number of ether oxygens (including phenoxy) is 1. The average Bonchev–Trinajstić information content (AvgIpc) is 3.07. The summed E-state index contributed by atoms with van der Waals surface area (Å²) in [6, 6.07) is 12.0. The fourth-order valence-corrected chi connectivity index (χ4v) is 3.05. The van der Waals surface area contributed by atoms with Crippen molar-refractivity contribution >= 4 is 22.8 Å². The van der Waals surface area contributed by atoms with E-state index >= 15 is 0 Å². The number of pyridine rings is 1. The molecule has 2 aromatic heterocycles. The van der Waals surface area contributed by atoms with Gasteiger partial charge in [0.05, 0.1) is 11.4 Å². The number of aromatic nitrogens is 3. The molecule has 0 fully saturated rings. The van der Waals surface area contributed by atoms with Crippen LogP contribution in [0.1, 0.15) is 29.7 Å². The first-order chi connectivity index (χ1) is 10.3. The van der Waals surface area contributed by atoms with Gasteiger partial charge in [0.1, 0.15) is 23.7 Å². The van der Waals surface area contributed by atoms with Gasteiger partial charge in [-0.3, -0.25) is 0 Å². The summed E-state index contributed by atoms with van der Waals surface area (Å²) in [5, 5.41) is -0.188. The fourth-order valence-electron chi connectivity index (χ4n) is 2.89. The SMILES string of the molecule is CC(Cl)c1nc2cccnc2n1C1COc2ccccc21. The van der Waals surface area contributed by atoms with Gasteiger partial charge < -0.3 is 9.30 Å². The van der Waals surface area contributed by atoms with E-state index in [1.165, 1.54) is 0 Å². The van der Waals surface area contributed by atoms with E-state index in [2.05, 4.69) is 20.6 Å². The van der Waals surface area contributed by atoms with E-state index in [1.807, 2.05) is 37.3 Å². The second kappa shape index (κ2) is 4.74. The first kappa shape index (κ1) is 12.7. The maximum atomic E-state index is 6.33. The fraction of sp³-hybridized carbons (Fsp3) is 0.250. The molecule has 3 heterocycles. The van der Waals surface area contributed by atoms with Crippen LogP contribution in [-0.2, 0) is 0 Å². The van der Waals surface area contributed by atoms with Gasteiger partial charge in [-0.2, -0.15) is 0 Å². The molecular weight excluding hydrogens is 286 g/mol. The van der Waals surface area contributed by atoms with Crippen LogP contribution in [0.3, 0.4) is 0 Å². The van der Waals surface area contributed by atoms with E-state index in [9.17, 15) is 0 Å². The maximum Gasteiger partial charge on any atom is 0.160 e. The van der Waals surface area contributed by atoms with Crippen LogP contribution < -0.4 is 4.74 Å². The molecule has 0 spiro atoms. The van der Waals surface area contributed by atoms with Gasteiger partial charge in [0.15, 0.2) is 5.65 Å². The van der Waals surface area contributed by atoms with Crippen molar-refractivity contribution in [3.63, 3.8) is 0 Å². The van der Waals surface area contributed by atoms with E-state index < -0.39 is 0 Å². The van der Waals surface area contributed by atoms with Gasteiger partial charge in [-0.1, -0.05) is 18.2 Å². The molecule has 4 nitrogen and oxygen atoms in total. The molecule has 21 heavy (non-hydrogen) atoms. The molecule has 0 saturated heterocycles. The molecule has 1 aliphatic heterocycles. The number of nitrogens with zero attached hydrogens (tertiary/aromatic N) is 3. The summed E-state index contributed by atoms with van der Waals surface area (Å²) in [5.41, 5.74) is 2.87. The minimum Gasteiger partial charge on any atom is -0.491 e. The molecule has 5 heteroatoms.